The second-order valence-corrected chi connectivity index (χ2v) is 7.69. The Bertz CT molecular complexity index is 858. The molecule has 8 heteroatoms. The van der Waals surface area contributed by atoms with Gasteiger partial charge in [0.2, 0.25) is 0 Å². The molecule has 0 atom stereocenters. The first-order chi connectivity index (χ1) is 13.3. The van der Waals surface area contributed by atoms with Crippen LogP contribution in [-0.2, 0) is 16.1 Å². The summed E-state index contributed by atoms with van der Waals surface area (Å²) < 4.78 is 16.5. The SMILES string of the molecule is CC(C)(C)OC(=O)N1CCC(OCc2noc(-c3cccc(C#N)c3)n2)CC1. The van der Waals surface area contributed by atoms with Gasteiger partial charge < -0.3 is 18.9 Å². The number of likely N-dealkylation sites (tertiary alicyclic amines) is 1. The fourth-order valence-corrected chi connectivity index (χ4v) is 2.88. The van der Waals surface area contributed by atoms with Crippen molar-refractivity contribution < 1.29 is 18.8 Å². The molecule has 0 bridgehead atoms. The second-order valence-electron chi connectivity index (χ2n) is 7.69. The molecule has 1 aliphatic heterocycles. The van der Waals surface area contributed by atoms with E-state index in [0.717, 1.165) is 12.8 Å². The highest BCUT2D eigenvalue weighted by atomic mass is 16.6. The van der Waals surface area contributed by atoms with Crippen LogP contribution in [0.4, 0.5) is 4.79 Å². The first-order valence-electron chi connectivity index (χ1n) is 9.27. The largest absolute Gasteiger partial charge is 0.444 e. The highest BCUT2D eigenvalue weighted by Gasteiger charge is 2.27. The lowest BCUT2D eigenvalue weighted by Gasteiger charge is -2.33. The summed E-state index contributed by atoms with van der Waals surface area (Å²) in [5.41, 5.74) is 0.738. The zero-order valence-electron chi connectivity index (χ0n) is 16.3. The van der Waals surface area contributed by atoms with E-state index < -0.39 is 5.60 Å². The molecule has 3 rings (SSSR count). The topological polar surface area (TPSA) is 101 Å². The van der Waals surface area contributed by atoms with E-state index in [2.05, 4.69) is 16.2 Å². The molecule has 0 N–H and O–H groups in total. The molecule has 1 amide bonds. The molecule has 1 aromatic heterocycles. The molecule has 0 unspecified atom stereocenters. The lowest BCUT2D eigenvalue weighted by Crippen LogP contribution is -2.43. The van der Waals surface area contributed by atoms with Gasteiger partial charge in [-0.1, -0.05) is 11.2 Å². The van der Waals surface area contributed by atoms with Crippen molar-refractivity contribution in [1.29, 1.82) is 5.26 Å². The predicted octanol–water partition coefficient (Wildman–Crippen LogP) is 3.52. The second kappa shape index (κ2) is 8.40. The normalized spacial score (nSPS) is 15.3. The van der Waals surface area contributed by atoms with Crippen LogP contribution in [0.1, 0.15) is 45.0 Å². The predicted molar refractivity (Wildman–Crippen MR) is 100 cm³/mol. The first kappa shape index (κ1) is 19.8. The monoisotopic (exact) mass is 384 g/mol. The van der Waals surface area contributed by atoms with Crippen LogP contribution in [0, 0.1) is 11.3 Å². The number of hydrogen-bond acceptors (Lipinski definition) is 7. The van der Waals surface area contributed by atoms with Gasteiger partial charge in [-0.2, -0.15) is 10.2 Å². The van der Waals surface area contributed by atoms with Gasteiger partial charge in [0.25, 0.3) is 5.89 Å². The molecule has 2 heterocycles. The summed E-state index contributed by atoms with van der Waals surface area (Å²) in [6.07, 6.45) is 1.21. The van der Waals surface area contributed by atoms with Crippen LogP contribution in [0.2, 0.25) is 0 Å². The fourth-order valence-electron chi connectivity index (χ4n) is 2.88. The van der Waals surface area contributed by atoms with Crippen molar-refractivity contribution in [2.45, 2.75) is 51.9 Å². The minimum absolute atomic E-state index is 0.0301. The van der Waals surface area contributed by atoms with Crippen molar-refractivity contribution in [3.63, 3.8) is 0 Å². The van der Waals surface area contributed by atoms with Gasteiger partial charge in [-0.3, -0.25) is 0 Å². The van der Waals surface area contributed by atoms with Gasteiger partial charge in [0.1, 0.15) is 12.2 Å². The third-order valence-corrected chi connectivity index (χ3v) is 4.25. The van der Waals surface area contributed by atoms with Crippen molar-refractivity contribution in [3.05, 3.63) is 35.7 Å². The third-order valence-electron chi connectivity index (χ3n) is 4.25. The number of hydrogen-bond donors (Lipinski definition) is 0. The number of carbonyl (C=O) groups is 1. The molecule has 0 spiro atoms. The van der Waals surface area contributed by atoms with E-state index >= 15 is 0 Å². The molecular weight excluding hydrogens is 360 g/mol. The van der Waals surface area contributed by atoms with Crippen molar-refractivity contribution in [3.8, 4) is 17.5 Å². The summed E-state index contributed by atoms with van der Waals surface area (Å²) in [5.74, 6) is 0.808. The number of nitriles is 1. The van der Waals surface area contributed by atoms with Gasteiger partial charge in [0, 0.05) is 18.7 Å². The Balaban J connectivity index is 1.48. The summed E-state index contributed by atoms with van der Waals surface area (Å²) in [5, 5.41) is 12.9. The van der Waals surface area contributed by atoms with Crippen LogP contribution in [0.5, 0.6) is 0 Å². The van der Waals surface area contributed by atoms with Crippen molar-refractivity contribution in [1.82, 2.24) is 15.0 Å². The molecule has 1 saturated heterocycles. The summed E-state index contributed by atoms with van der Waals surface area (Å²) in [7, 11) is 0. The van der Waals surface area contributed by atoms with E-state index in [0.29, 0.717) is 35.9 Å². The van der Waals surface area contributed by atoms with Gasteiger partial charge in [-0.05, 0) is 51.8 Å². The van der Waals surface area contributed by atoms with Crippen molar-refractivity contribution >= 4 is 6.09 Å². The standard InChI is InChI=1S/C20H24N4O4/c1-20(2,3)27-19(25)24-9-7-16(8-10-24)26-13-17-22-18(28-23-17)15-6-4-5-14(11-15)12-21/h4-6,11,16H,7-10,13H2,1-3H3. The number of ether oxygens (including phenoxy) is 2. The maximum Gasteiger partial charge on any atom is 0.410 e. The molecule has 0 aliphatic carbocycles. The van der Waals surface area contributed by atoms with Gasteiger partial charge in [0.05, 0.1) is 17.7 Å². The van der Waals surface area contributed by atoms with Crippen LogP contribution in [0.25, 0.3) is 11.5 Å². The van der Waals surface area contributed by atoms with Crippen LogP contribution in [0.3, 0.4) is 0 Å². The number of carbonyl (C=O) groups excluding carboxylic acids is 1. The Kier molecular flexibility index (Phi) is 5.95. The number of nitrogens with zero attached hydrogens (tertiary/aromatic N) is 4. The highest BCUT2D eigenvalue weighted by molar-refractivity contribution is 5.68. The number of aromatic nitrogens is 2. The average Bonchev–Trinajstić information content (AvgIpc) is 3.14. The van der Waals surface area contributed by atoms with Crippen molar-refractivity contribution in [2.75, 3.05) is 13.1 Å². The smallest absolute Gasteiger partial charge is 0.410 e. The average molecular weight is 384 g/mol. The van der Waals surface area contributed by atoms with E-state index in [1.54, 1.807) is 23.1 Å². The number of benzene rings is 1. The molecule has 2 aromatic rings. The van der Waals surface area contributed by atoms with Gasteiger partial charge >= 0.3 is 6.09 Å². The van der Waals surface area contributed by atoms with Crippen LogP contribution in [-0.4, -0.2) is 45.9 Å². The maximum atomic E-state index is 12.1. The summed E-state index contributed by atoms with van der Waals surface area (Å²) in [6.45, 7) is 7.00. The van der Waals surface area contributed by atoms with Gasteiger partial charge in [-0.25, -0.2) is 4.79 Å². The van der Waals surface area contributed by atoms with E-state index in [9.17, 15) is 4.79 Å². The molecule has 1 aliphatic rings. The lowest BCUT2D eigenvalue weighted by molar-refractivity contribution is -0.0190. The van der Waals surface area contributed by atoms with E-state index in [4.69, 9.17) is 19.3 Å². The fraction of sp³-hybridized carbons (Fsp3) is 0.500. The van der Waals surface area contributed by atoms with Crippen LogP contribution in [0.15, 0.2) is 28.8 Å². The Labute approximate surface area is 164 Å². The third kappa shape index (κ3) is 5.30. The Hall–Kier alpha value is -2.92. The zero-order chi connectivity index (χ0) is 20.1. The molecule has 0 saturated carbocycles. The Morgan fingerprint density at radius 3 is 2.79 bits per heavy atom. The minimum Gasteiger partial charge on any atom is -0.444 e. The number of rotatable bonds is 4. The van der Waals surface area contributed by atoms with E-state index in [1.807, 2.05) is 26.8 Å². The van der Waals surface area contributed by atoms with Gasteiger partial charge in [-0.15, -0.1) is 0 Å². The maximum absolute atomic E-state index is 12.1. The molecule has 1 aromatic carbocycles. The first-order valence-corrected chi connectivity index (χ1v) is 9.27. The number of amides is 1. The molecule has 148 valence electrons. The molecular formula is C20H24N4O4. The van der Waals surface area contributed by atoms with Crippen LogP contribution >= 0.6 is 0 Å². The Morgan fingerprint density at radius 1 is 1.36 bits per heavy atom. The summed E-state index contributed by atoms with van der Waals surface area (Å²) in [6, 6.07) is 9.08. The van der Waals surface area contributed by atoms with E-state index in [-0.39, 0.29) is 18.8 Å². The quantitative estimate of drug-likeness (QED) is 0.794. The highest BCUT2D eigenvalue weighted by Crippen LogP contribution is 2.20. The van der Waals surface area contributed by atoms with Crippen LogP contribution < -0.4 is 0 Å². The summed E-state index contributed by atoms with van der Waals surface area (Å²) in [4.78, 5) is 18.1. The molecule has 1 fully saturated rings. The zero-order valence-corrected chi connectivity index (χ0v) is 16.3. The van der Waals surface area contributed by atoms with Gasteiger partial charge in [0.15, 0.2) is 5.82 Å². The van der Waals surface area contributed by atoms with E-state index in [1.165, 1.54) is 0 Å². The number of piperidine rings is 1. The minimum atomic E-state index is -0.493. The molecule has 28 heavy (non-hydrogen) atoms. The summed E-state index contributed by atoms with van der Waals surface area (Å²) >= 11 is 0. The molecule has 8 nitrogen and oxygen atoms in total. The lowest BCUT2D eigenvalue weighted by atomic mass is 10.1. The molecule has 0 radical (unpaired) electrons. The van der Waals surface area contributed by atoms with Crippen molar-refractivity contribution in [2.24, 2.45) is 0 Å². The Morgan fingerprint density at radius 2 is 2.11 bits per heavy atom.